The molecule has 2 aromatic rings. The molecule has 0 aromatic heterocycles. The summed E-state index contributed by atoms with van der Waals surface area (Å²) in [5, 5.41) is 0. The Morgan fingerprint density at radius 2 is 1.20 bits per heavy atom. The number of hydrogen-bond donors (Lipinski definition) is 6. The maximum Gasteiger partial charge on any atom is 0.0792 e. The Morgan fingerprint density at radius 1 is 0.600 bits per heavy atom. The van der Waals surface area contributed by atoms with Crippen molar-refractivity contribution in [3.8, 4) is 11.1 Å². The van der Waals surface area contributed by atoms with Gasteiger partial charge in [0.15, 0.2) is 0 Å². The van der Waals surface area contributed by atoms with Gasteiger partial charge in [0.2, 0.25) is 0 Å². The zero-order valence-electron chi connectivity index (χ0n) is 11.6. The Hall–Kier alpha value is -2.76. The van der Waals surface area contributed by atoms with Crippen LogP contribution < -0.4 is 34.4 Å². The number of rotatable bonds is 1. The third kappa shape index (κ3) is 1.73. The molecule has 0 spiro atoms. The lowest BCUT2D eigenvalue weighted by Gasteiger charge is -2.19. The monoisotopic (exact) mass is 272 g/mol. The van der Waals surface area contributed by atoms with Gasteiger partial charge in [0.05, 0.1) is 17.1 Å². The van der Waals surface area contributed by atoms with Gasteiger partial charge < -0.3 is 34.4 Å². The predicted octanol–water partition coefficient (Wildman–Crippen LogP) is 1.46. The zero-order chi connectivity index (χ0) is 15.2. The van der Waals surface area contributed by atoms with Gasteiger partial charge in [-0.3, -0.25) is 0 Å². The summed E-state index contributed by atoms with van der Waals surface area (Å²) in [6.45, 7) is 3.64. The van der Waals surface area contributed by atoms with E-state index in [0.717, 1.165) is 5.56 Å². The van der Waals surface area contributed by atoms with Crippen molar-refractivity contribution >= 4 is 34.1 Å². The Morgan fingerprint density at radius 3 is 1.80 bits per heavy atom. The summed E-state index contributed by atoms with van der Waals surface area (Å²) < 4.78 is 0. The van der Waals surface area contributed by atoms with Gasteiger partial charge in [-0.05, 0) is 31.0 Å². The van der Waals surface area contributed by atoms with Crippen LogP contribution in [0, 0.1) is 13.8 Å². The van der Waals surface area contributed by atoms with Crippen LogP contribution in [0.3, 0.4) is 0 Å². The average Bonchev–Trinajstić information content (AvgIpc) is 2.43. The lowest BCUT2D eigenvalue weighted by Crippen LogP contribution is -2.09. The number of benzene rings is 2. The van der Waals surface area contributed by atoms with Gasteiger partial charge in [0.25, 0.3) is 0 Å². The third-order valence-corrected chi connectivity index (χ3v) is 3.75. The van der Waals surface area contributed by atoms with Crippen LogP contribution in [0.15, 0.2) is 12.1 Å². The first kappa shape index (κ1) is 13.7. The van der Waals surface area contributed by atoms with Crippen molar-refractivity contribution in [1.82, 2.24) is 0 Å². The molecule has 2 rings (SSSR count). The minimum absolute atomic E-state index is 0.320. The molecule has 0 aliphatic carbocycles. The number of anilines is 6. The molecule has 0 aliphatic heterocycles. The molecule has 0 atom stereocenters. The summed E-state index contributed by atoms with van der Waals surface area (Å²) in [6.07, 6.45) is 0. The van der Waals surface area contributed by atoms with E-state index in [0.29, 0.717) is 50.8 Å². The molecule has 6 heteroatoms. The third-order valence-electron chi connectivity index (χ3n) is 3.75. The molecule has 0 radical (unpaired) electrons. The summed E-state index contributed by atoms with van der Waals surface area (Å²) in [5.41, 5.74) is 41.5. The van der Waals surface area contributed by atoms with Crippen molar-refractivity contribution in [3.63, 3.8) is 0 Å². The van der Waals surface area contributed by atoms with Gasteiger partial charge >= 0.3 is 0 Å². The predicted molar refractivity (Wildman–Crippen MR) is 87.8 cm³/mol. The molecule has 2 aromatic carbocycles. The van der Waals surface area contributed by atoms with E-state index < -0.39 is 0 Å². The van der Waals surface area contributed by atoms with E-state index in [4.69, 9.17) is 34.4 Å². The summed E-state index contributed by atoms with van der Waals surface area (Å²) in [4.78, 5) is 0. The van der Waals surface area contributed by atoms with Gasteiger partial charge in [-0.15, -0.1) is 0 Å². The minimum atomic E-state index is 0.320. The fraction of sp³-hybridized carbons (Fsp3) is 0.143. The van der Waals surface area contributed by atoms with E-state index >= 15 is 0 Å². The van der Waals surface area contributed by atoms with Crippen LogP contribution in [0.5, 0.6) is 0 Å². The van der Waals surface area contributed by atoms with Crippen LogP contribution in [0.1, 0.15) is 11.1 Å². The van der Waals surface area contributed by atoms with Gasteiger partial charge in [0.1, 0.15) is 0 Å². The quantitative estimate of drug-likeness (QED) is 0.431. The van der Waals surface area contributed by atoms with E-state index in [2.05, 4.69) is 0 Å². The zero-order valence-corrected chi connectivity index (χ0v) is 11.6. The van der Waals surface area contributed by atoms with Crippen molar-refractivity contribution in [2.75, 3.05) is 34.4 Å². The molecule has 0 saturated carbocycles. The molecule has 0 unspecified atom stereocenters. The van der Waals surface area contributed by atoms with E-state index in [-0.39, 0.29) is 0 Å². The topological polar surface area (TPSA) is 156 Å². The largest absolute Gasteiger partial charge is 0.398 e. The van der Waals surface area contributed by atoms with Gasteiger partial charge in [0, 0.05) is 28.2 Å². The highest BCUT2D eigenvalue weighted by Gasteiger charge is 2.19. The Kier molecular flexibility index (Phi) is 3.01. The van der Waals surface area contributed by atoms with Crippen LogP contribution >= 0.6 is 0 Å². The van der Waals surface area contributed by atoms with Crippen LogP contribution in [0.2, 0.25) is 0 Å². The van der Waals surface area contributed by atoms with E-state index in [1.807, 2.05) is 6.92 Å². The van der Waals surface area contributed by atoms with E-state index in [9.17, 15) is 0 Å². The van der Waals surface area contributed by atoms with Gasteiger partial charge in [-0.25, -0.2) is 0 Å². The van der Waals surface area contributed by atoms with Gasteiger partial charge in [-0.1, -0.05) is 6.07 Å². The van der Waals surface area contributed by atoms with Crippen LogP contribution in [-0.4, -0.2) is 0 Å². The van der Waals surface area contributed by atoms with E-state index in [1.165, 1.54) is 0 Å². The fourth-order valence-corrected chi connectivity index (χ4v) is 2.21. The maximum atomic E-state index is 6.14. The minimum Gasteiger partial charge on any atom is -0.398 e. The first-order valence-electron chi connectivity index (χ1n) is 6.14. The molecule has 6 nitrogen and oxygen atoms in total. The summed E-state index contributed by atoms with van der Waals surface area (Å²) >= 11 is 0. The normalized spacial score (nSPS) is 10.7. The second-order valence-corrected chi connectivity index (χ2v) is 4.90. The standard InChI is InChI=1S/C14H20N6/c1-5-8(15)4-3-7(10(5)16)9-11(17)6(2)12(18)14(20)13(9)19/h3-4H,15-20H2,1-2H3. The first-order valence-corrected chi connectivity index (χ1v) is 6.14. The molecule has 0 bridgehead atoms. The van der Waals surface area contributed by atoms with E-state index in [1.54, 1.807) is 19.1 Å². The molecular formula is C14H20N6. The van der Waals surface area contributed by atoms with Crippen molar-refractivity contribution in [1.29, 1.82) is 0 Å². The van der Waals surface area contributed by atoms with Crippen LogP contribution in [0.4, 0.5) is 34.1 Å². The van der Waals surface area contributed by atoms with Crippen LogP contribution in [-0.2, 0) is 0 Å². The molecule has 12 N–H and O–H groups in total. The van der Waals surface area contributed by atoms with Crippen molar-refractivity contribution in [2.24, 2.45) is 0 Å². The summed E-state index contributed by atoms with van der Waals surface area (Å²) in [7, 11) is 0. The van der Waals surface area contributed by atoms with Crippen molar-refractivity contribution < 1.29 is 0 Å². The second-order valence-electron chi connectivity index (χ2n) is 4.90. The second kappa shape index (κ2) is 4.41. The SMILES string of the molecule is Cc1c(N)ccc(-c2c(N)c(C)c(N)c(N)c2N)c1N. The molecule has 0 fully saturated rings. The van der Waals surface area contributed by atoms with Crippen molar-refractivity contribution in [2.45, 2.75) is 13.8 Å². The Labute approximate surface area is 117 Å². The molecular weight excluding hydrogens is 252 g/mol. The summed E-state index contributed by atoms with van der Waals surface area (Å²) in [6, 6.07) is 3.55. The number of nitrogens with two attached hydrogens (primary N) is 6. The molecule has 0 amide bonds. The Balaban J connectivity index is 2.87. The van der Waals surface area contributed by atoms with Gasteiger partial charge in [-0.2, -0.15) is 0 Å². The number of hydrogen-bond acceptors (Lipinski definition) is 6. The van der Waals surface area contributed by atoms with Crippen LogP contribution in [0.25, 0.3) is 11.1 Å². The highest BCUT2D eigenvalue weighted by Crippen LogP contribution is 2.45. The van der Waals surface area contributed by atoms with Crippen molar-refractivity contribution in [3.05, 3.63) is 23.3 Å². The average molecular weight is 272 g/mol. The molecule has 0 heterocycles. The highest BCUT2D eigenvalue weighted by atomic mass is 14.8. The molecule has 106 valence electrons. The summed E-state index contributed by atoms with van der Waals surface area (Å²) in [5.74, 6) is 0. The lowest BCUT2D eigenvalue weighted by atomic mass is 9.93. The molecule has 20 heavy (non-hydrogen) atoms. The lowest BCUT2D eigenvalue weighted by molar-refractivity contribution is 1.44. The number of nitrogen functional groups attached to an aromatic ring is 6. The Bertz CT molecular complexity index is 677. The maximum absolute atomic E-state index is 6.14. The first-order chi connectivity index (χ1) is 9.27. The molecule has 0 saturated heterocycles. The highest BCUT2D eigenvalue weighted by molar-refractivity contribution is 6.03. The smallest absolute Gasteiger partial charge is 0.0792 e. The fourth-order valence-electron chi connectivity index (χ4n) is 2.21. The molecule has 0 aliphatic rings.